The minimum atomic E-state index is -5.08. The Labute approximate surface area is 101 Å². The van der Waals surface area contributed by atoms with Crippen LogP contribution in [0.2, 0.25) is 0 Å². The van der Waals surface area contributed by atoms with Gasteiger partial charge in [0.15, 0.2) is 0 Å². The molecule has 1 fully saturated rings. The summed E-state index contributed by atoms with van der Waals surface area (Å²) >= 11 is 0. The molecular weight excluding hydrogens is 255 g/mol. The van der Waals surface area contributed by atoms with Crippen LogP contribution >= 0.6 is 0 Å². The van der Waals surface area contributed by atoms with E-state index in [9.17, 15) is 18.0 Å². The standard InChI is InChI=1S/C8H13NO2.C2HF3O2/c9-7(3-4-8(10)11)5-6-1-2-6;3-2(4,5)1(6)7/h3-4,6-7H,1-2,5,9H2,(H,10,11);(H,6,7). The summed E-state index contributed by atoms with van der Waals surface area (Å²) in [5.74, 6) is -2.92. The van der Waals surface area contributed by atoms with Gasteiger partial charge in [-0.3, -0.25) is 0 Å². The third-order valence-corrected chi connectivity index (χ3v) is 2.03. The van der Waals surface area contributed by atoms with Gasteiger partial charge in [0.2, 0.25) is 0 Å². The Balaban J connectivity index is 0.000000360. The topological polar surface area (TPSA) is 101 Å². The highest BCUT2D eigenvalue weighted by Gasteiger charge is 2.38. The number of nitrogens with two attached hydrogens (primary N) is 1. The summed E-state index contributed by atoms with van der Waals surface area (Å²) in [6, 6.07) is -0.0707. The Hall–Kier alpha value is -1.57. The van der Waals surface area contributed by atoms with Crippen molar-refractivity contribution in [3.63, 3.8) is 0 Å². The first kappa shape index (κ1) is 16.4. The lowest BCUT2D eigenvalue weighted by Gasteiger charge is -2.02. The van der Waals surface area contributed by atoms with Crippen LogP contribution in [-0.4, -0.2) is 34.4 Å². The zero-order valence-corrected chi connectivity index (χ0v) is 9.35. The second kappa shape index (κ2) is 7.00. The molecule has 0 saturated heterocycles. The van der Waals surface area contributed by atoms with E-state index in [0.717, 1.165) is 18.4 Å². The van der Waals surface area contributed by atoms with Gasteiger partial charge < -0.3 is 15.9 Å². The maximum Gasteiger partial charge on any atom is 0.490 e. The Morgan fingerprint density at radius 2 is 1.78 bits per heavy atom. The first-order valence-electron chi connectivity index (χ1n) is 5.09. The Bertz CT molecular complexity index is 324. The molecule has 0 radical (unpaired) electrons. The van der Waals surface area contributed by atoms with Crippen molar-refractivity contribution in [2.75, 3.05) is 0 Å². The summed E-state index contributed by atoms with van der Waals surface area (Å²) < 4.78 is 31.7. The fraction of sp³-hybridized carbons (Fsp3) is 0.600. The van der Waals surface area contributed by atoms with Crippen molar-refractivity contribution in [1.82, 2.24) is 0 Å². The van der Waals surface area contributed by atoms with Crippen molar-refractivity contribution in [2.24, 2.45) is 11.7 Å². The molecule has 1 rings (SSSR count). The van der Waals surface area contributed by atoms with Crippen LogP contribution in [0.4, 0.5) is 13.2 Å². The van der Waals surface area contributed by atoms with Gasteiger partial charge in [0.05, 0.1) is 0 Å². The van der Waals surface area contributed by atoms with E-state index in [-0.39, 0.29) is 6.04 Å². The van der Waals surface area contributed by atoms with E-state index < -0.39 is 18.1 Å². The molecule has 1 unspecified atom stereocenters. The molecule has 18 heavy (non-hydrogen) atoms. The number of carboxylic acid groups (broad SMARTS) is 2. The van der Waals surface area contributed by atoms with Crippen molar-refractivity contribution < 1.29 is 33.0 Å². The van der Waals surface area contributed by atoms with E-state index in [1.165, 1.54) is 12.8 Å². The number of alkyl halides is 3. The number of rotatable bonds is 4. The fourth-order valence-corrected chi connectivity index (χ4v) is 1.02. The number of aliphatic carboxylic acids is 2. The quantitative estimate of drug-likeness (QED) is 0.669. The molecule has 1 saturated carbocycles. The van der Waals surface area contributed by atoms with Crippen LogP contribution < -0.4 is 5.73 Å². The molecule has 4 N–H and O–H groups in total. The number of hydrogen-bond acceptors (Lipinski definition) is 3. The van der Waals surface area contributed by atoms with Crippen LogP contribution in [0.3, 0.4) is 0 Å². The second-order valence-corrected chi connectivity index (χ2v) is 3.84. The minimum absolute atomic E-state index is 0.0707. The van der Waals surface area contributed by atoms with Crippen molar-refractivity contribution in [2.45, 2.75) is 31.5 Å². The van der Waals surface area contributed by atoms with Crippen molar-refractivity contribution in [1.29, 1.82) is 0 Å². The maximum atomic E-state index is 10.6. The molecule has 0 heterocycles. The fourth-order valence-electron chi connectivity index (χ4n) is 1.02. The third kappa shape index (κ3) is 9.64. The average Bonchev–Trinajstić information content (AvgIpc) is 2.98. The highest BCUT2D eigenvalue weighted by molar-refractivity contribution is 5.79. The summed E-state index contributed by atoms with van der Waals surface area (Å²) in [7, 11) is 0. The molecule has 1 atom stereocenters. The first-order valence-corrected chi connectivity index (χ1v) is 5.09. The van der Waals surface area contributed by atoms with E-state index in [1.807, 2.05) is 0 Å². The predicted octanol–water partition coefficient (Wildman–Crippen LogP) is 1.39. The lowest BCUT2D eigenvalue weighted by Crippen LogP contribution is -2.21. The molecule has 104 valence electrons. The van der Waals surface area contributed by atoms with Crippen LogP contribution in [0.25, 0.3) is 0 Å². The molecule has 0 aromatic heterocycles. The van der Waals surface area contributed by atoms with E-state index in [4.69, 9.17) is 20.7 Å². The van der Waals surface area contributed by atoms with Crippen LogP contribution in [0.15, 0.2) is 12.2 Å². The molecule has 8 heteroatoms. The molecule has 0 aromatic carbocycles. The predicted molar refractivity (Wildman–Crippen MR) is 55.8 cm³/mol. The lowest BCUT2D eigenvalue weighted by atomic mass is 10.1. The van der Waals surface area contributed by atoms with Gasteiger partial charge >= 0.3 is 18.1 Å². The summed E-state index contributed by atoms with van der Waals surface area (Å²) in [4.78, 5) is 19.0. The number of hydrogen-bond donors (Lipinski definition) is 3. The zero-order chi connectivity index (χ0) is 14.3. The number of halogens is 3. The Kier molecular flexibility index (Phi) is 6.39. The van der Waals surface area contributed by atoms with Crippen molar-refractivity contribution >= 4 is 11.9 Å². The Morgan fingerprint density at radius 3 is 2.06 bits per heavy atom. The zero-order valence-electron chi connectivity index (χ0n) is 9.35. The normalized spacial score (nSPS) is 16.9. The maximum absolute atomic E-state index is 10.6. The van der Waals surface area contributed by atoms with E-state index in [2.05, 4.69) is 0 Å². The van der Waals surface area contributed by atoms with Crippen LogP contribution in [-0.2, 0) is 9.59 Å². The van der Waals surface area contributed by atoms with Crippen LogP contribution in [0.5, 0.6) is 0 Å². The van der Waals surface area contributed by atoms with Gasteiger partial charge in [0.1, 0.15) is 0 Å². The summed E-state index contributed by atoms with van der Waals surface area (Å²) in [6.07, 6.45) is 1.04. The highest BCUT2D eigenvalue weighted by atomic mass is 19.4. The summed E-state index contributed by atoms with van der Waals surface area (Å²) in [6.45, 7) is 0. The first-order chi connectivity index (χ1) is 8.12. The van der Waals surface area contributed by atoms with Crippen LogP contribution in [0.1, 0.15) is 19.3 Å². The van der Waals surface area contributed by atoms with E-state index >= 15 is 0 Å². The van der Waals surface area contributed by atoms with Gasteiger partial charge in [-0.25, -0.2) is 9.59 Å². The monoisotopic (exact) mass is 269 g/mol. The summed E-state index contributed by atoms with van der Waals surface area (Å²) in [5, 5.41) is 15.4. The van der Waals surface area contributed by atoms with Gasteiger partial charge in [-0.05, 0) is 12.3 Å². The summed E-state index contributed by atoms with van der Waals surface area (Å²) in [5.41, 5.74) is 5.61. The van der Waals surface area contributed by atoms with E-state index in [1.54, 1.807) is 6.08 Å². The lowest BCUT2D eigenvalue weighted by molar-refractivity contribution is -0.192. The minimum Gasteiger partial charge on any atom is -0.478 e. The molecule has 0 aromatic rings. The van der Waals surface area contributed by atoms with Gasteiger partial charge in [-0.1, -0.05) is 18.9 Å². The molecule has 0 aliphatic heterocycles. The average molecular weight is 269 g/mol. The van der Waals surface area contributed by atoms with Crippen LogP contribution in [0, 0.1) is 5.92 Å². The smallest absolute Gasteiger partial charge is 0.478 e. The molecule has 0 amide bonds. The van der Waals surface area contributed by atoms with Gasteiger partial charge in [-0.15, -0.1) is 0 Å². The van der Waals surface area contributed by atoms with Gasteiger partial charge in [0.25, 0.3) is 0 Å². The van der Waals surface area contributed by atoms with Crippen molar-refractivity contribution in [3.05, 3.63) is 12.2 Å². The largest absolute Gasteiger partial charge is 0.490 e. The molecule has 5 nitrogen and oxygen atoms in total. The van der Waals surface area contributed by atoms with Crippen molar-refractivity contribution in [3.8, 4) is 0 Å². The third-order valence-electron chi connectivity index (χ3n) is 2.03. The molecule has 1 aliphatic rings. The molecule has 0 spiro atoms. The highest BCUT2D eigenvalue weighted by Crippen LogP contribution is 2.33. The number of carbonyl (C=O) groups is 2. The van der Waals surface area contributed by atoms with Gasteiger partial charge in [-0.2, -0.15) is 13.2 Å². The molecular formula is C10H14F3NO4. The second-order valence-electron chi connectivity index (χ2n) is 3.84. The number of carboxylic acids is 2. The van der Waals surface area contributed by atoms with Gasteiger partial charge in [0, 0.05) is 12.1 Å². The Morgan fingerprint density at radius 1 is 1.33 bits per heavy atom. The molecule has 1 aliphatic carbocycles. The van der Waals surface area contributed by atoms with E-state index in [0.29, 0.717) is 0 Å². The SMILES string of the molecule is NC(C=CC(=O)O)CC1CC1.O=C(O)C(F)(F)F. The molecule has 0 bridgehead atoms.